The topological polar surface area (TPSA) is 9.23 Å². The van der Waals surface area contributed by atoms with Gasteiger partial charge in [-0.1, -0.05) is 36.4 Å². The average Bonchev–Trinajstić information content (AvgIpc) is 2.25. The van der Waals surface area contributed by atoms with Crippen LogP contribution in [0.15, 0.2) is 42.5 Å². The van der Waals surface area contributed by atoms with Gasteiger partial charge >= 0.3 is 58.4 Å². The van der Waals surface area contributed by atoms with Gasteiger partial charge in [0.15, 0.2) is 0 Å². The zero-order chi connectivity index (χ0) is 11.6. The normalized spacial score (nSPS) is 11.0. The molecule has 2 aromatic rings. The van der Waals surface area contributed by atoms with Gasteiger partial charge in [0.1, 0.15) is 5.75 Å². The first-order valence-electron chi connectivity index (χ1n) is 4.88. The van der Waals surface area contributed by atoms with Crippen molar-refractivity contribution in [1.82, 2.24) is 0 Å². The molecule has 0 aliphatic heterocycles. The van der Waals surface area contributed by atoms with Gasteiger partial charge in [0.2, 0.25) is 0 Å². The van der Waals surface area contributed by atoms with Gasteiger partial charge in [-0.15, -0.1) is 0 Å². The van der Waals surface area contributed by atoms with Crippen LogP contribution >= 0.6 is 0 Å². The van der Waals surface area contributed by atoms with E-state index in [-0.39, 0.29) is 57.1 Å². The van der Waals surface area contributed by atoms with Gasteiger partial charge in [-0.25, -0.2) is 0 Å². The quantitative estimate of drug-likeness (QED) is 0.738. The maximum Gasteiger partial charge on any atom is 1.00 e. The third kappa shape index (κ3) is 4.30. The second-order valence-electron chi connectivity index (χ2n) is 3.50. The molecular weight excluding hydrogens is 255 g/mol. The van der Waals surface area contributed by atoms with Crippen molar-refractivity contribution in [2.75, 3.05) is 6.51 Å². The summed E-state index contributed by atoms with van der Waals surface area (Å²) >= 11 is 0. The molecule has 0 amide bonds. The van der Waals surface area contributed by atoms with Crippen LogP contribution in [-0.2, 0) is 0 Å². The van der Waals surface area contributed by atoms with E-state index in [9.17, 15) is 12.9 Å². The Morgan fingerprint density at radius 2 is 1.59 bits per heavy atom. The van der Waals surface area contributed by atoms with Crippen molar-refractivity contribution in [3.8, 4) is 5.75 Å². The van der Waals surface area contributed by atoms with Crippen LogP contribution in [0.5, 0.6) is 5.75 Å². The summed E-state index contributed by atoms with van der Waals surface area (Å²) < 4.78 is 41.0. The van der Waals surface area contributed by atoms with E-state index in [0.717, 1.165) is 5.39 Å². The summed E-state index contributed by atoms with van der Waals surface area (Å²) in [5.74, 6) is 0.275. The number of hydrogen-bond donors (Lipinski definition) is 0. The average molecular weight is 264 g/mol. The van der Waals surface area contributed by atoms with Gasteiger partial charge in [-0.3, -0.25) is 0 Å². The Morgan fingerprint density at radius 1 is 0.941 bits per heavy atom. The maximum absolute atomic E-state index is 12.1. The predicted molar refractivity (Wildman–Crippen MR) is 58.5 cm³/mol. The van der Waals surface area contributed by atoms with E-state index >= 15 is 0 Å². The first kappa shape index (κ1) is 15.1. The van der Waals surface area contributed by atoms with E-state index in [1.165, 1.54) is 0 Å². The van der Waals surface area contributed by atoms with E-state index in [4.69, 9.17) is 4.74 Å². The summed E-state index contributed by atoms with van der Waals surface area (Å²) in [5.41, 5.74) is 0. The van der Waals surface area contributed by atoms with Crippen molar-refractivity contribution in [2.45, 2.75) is 0 Å². The summed E-state index contributed by atoms with van der Waals surface area (Å²) in [6, 6.07) is 12.2. The molecule has 0 aromatic heterocycles. The molecule has 2 aromatic carbocycles. The first-order chi connectivity index (χ1) is 7.56. The van der Waals surface area contributed by atoms with E-state index < -0.39 is 13.5 Å². The molecule has 0 atom stereocenters. The molecule has 0 aliphatic rings. The van der Waals surface area contributed by atoms with Crippen LogP contribution in [0.2, 0.25) is 0 Å². The van der Waals surface area contributed by atoms with Crippen LogP contribution in [0.3, 0.4) is 0 Å². The number of fused-ring (bicyclic) bond motifs is 1. The summed E-state index contributed by atoms with van der Waals surface area (Å²) in [5, 5.41) is 1.57. The number of rotatable bonds is 3. The number of benzene rings is 2. The molecule has 0 unspecified atom stereocenters. The molecule has 0 bridgehead atoms. The summed E-state index contributed by atoms with van der Waals surface area (Å²) in [6.45, 7) is -6.11. The molecule has 1 nitrogen and oxygen atoms in total. The van der Waals surface area contributed by atoms with Gasteiger partial charge < -0.3 is 17.7 Å². The van der Waals surface area contributed by atoms with Crippen molar-refractivity contribution in [3.05, 3.63) is 42.5 Å². The molecule has 0 fully saturated rings. The summed E-state index contributed by atoms with van der Waals surface area (Å²) in [7, 11) is 0. The Kier molecular flexibility index (Phi) is 5.53. The Labute approximate surface area is 140 Å². The summed E-state index contributed by atoms with van der Waals surface area (Å²) in [4.78, 5) is 0. The number of halogens is 3. The van der Waals surface area contributed by atoms with Gasteiger partial charge in [0, 0.05) is 5.39 Å². The Morgan fingerprint density at radius 3 is 2.29 bits per heavy atom. The van der Waals surface area contributed by atoms with Crippen molar-refractivity contribution in [3.63, 3.8) is 0 Å². The Bertz CT molecular complexity index is 496. The minimum absolute atomic E-state index is 0. The minimum Gasteiger partial charge on any atom is -0.521 e. The van der Waals surface area contributed by atoms with Crippen molar-refractivity contribution < 1.29 is 69.1 Å². The van der Waals surface area contributed by atoms with Crippen LogP contribution in [0.1, 0.15) is 0 Å². The molecule has 0 saturated heterocycles. The molecule has 0 spiro atoms. The van der Waals surface area contributed by atoms with Crippen molar-refractivity contribution >= 4 is 17.7 Å². The fourth-order valence-electron chi connectivity index (χ4n) is 1.51. The van der Waals surface area contributed by atoms with Gasteiger partial charge in [0.05, 0.1) is 6.51 Å². The third-order valence-electron chi connectivity index (χ3n) is 2.18. The van der Waals surface area contributed by atoms with Crippen molar-refractivity contribution in [1.29, 1.82) is 0 Å². The molecule has 0 aliphatic carbocycles. The van der Waals surface area contributed by atoms with E-state index in [1.54, 1.807) is 24.3 Å². The molecule has 2 rings (SSSR count). The molecular formula is C11H9BF3KO. The van der Waals surface area contributed by atoms with Gasteiger partial charge in [-0.2, -0.15) is 0 Å². The Balaban J connectivity index is 0.00000144. The predicted octanol–water partition coefficient (Wildman–Crippen LogP) is 0.609. The minimum atomic E-state index is -4.91. The molecule has 0 saturated carbocycles. The SMILES string of the molecule is F[B-](F)(F)COc1cccc2ccccc12.[K+]. The van der Waals surface area contributed by atoms with Crippen LogP contribution in [0.25, 0.3) is 10.8 Å². The fraction of sp³-hybridized carbons (Fsp3) is 0.0909. The van der Waals surface area contributed by atoms with Gasteiger partial charge in [-0.05, 0) is 11.5 Å². The first-order valence-corrected chi connectivity index (χ1v) is 4.88. The van der Waals surface area contributed by atoms with Crippen LogP contribution < -0.4 is 56.1 Å². The number of ether oxygens (including phenoxy) is 1. The molecule has 0 heterocycles. The smallest absolute Gasteiger partial charge is 0.521 e. The van der Waals surface area contributed by atoms with Crippen LogP contribution in [0.4, 0.5) is 12.9 Å². The van der Waals surface area contributed by atoms with E-state index in [2.05, 4.69) is 0 Å². The molecule has 0 radical (unpaired) electrons. The van der Waals surface area contributed by atoms with E-state index in [1.807, 2.05) is 18.2 Å². The largest absolute Gasteiger partial charge is 1.00 e. The molecule has 84 valence electrons. The summed E-state index contributed by atoms with van der Waals surface area (Å²) in [6.07, 6.45) is 0. The molecule has 17 heavy (non-hydrogen) atoms. The second kappa shape index (κ2) is 6.24. The molecule has 0 N–H and O–H groups in total. The molecule has 6 heteroatoms. The monoisotopic (exact) mass is 264 g/mol. The maximum atomic E-state index is 12.1. The zero-order valence-electron chi connectivity index (χ0n) is 9.37. The second-order valence-corrected chi connectivity index (χ2v) is 3.50. The zero-order valence-corrected chi connectivity index (χ0v) is 12.5. The number of hydrogen-bond acceptors (Lipinski definition) is 1. The van der Waals surface area contributed by atoms with Crippen molar-refractivity contribution in [2.24, 2.45) is 0 Å². The van der Waals surface area contributed by atoms with E-state index in [0.29, 0.717) is 5.39 Å². The van der Waals surface area contributed by atoms with Gasteiger partial charge in [0.25, 0.3) is 0 Å². The van der Waals surface area contributed by atoms with Crippen LogP contribution in [0, 0.1) is 0 Å². The van der Waals surface area contributed by atoms with Crippen LogP contribution in [-0.4, -0.2) is 13.5 Å². The Hall–Kier alpha value is -0.00870. The fourth-order valence-corrected chi connectivity index (χ4v) is 1.51. The third-order valence-corrected chi connectivity index (χ3v) is 2.18. The standard InChI is InChI=1S/C11H9BF3O.K/c13-12(14,15)8-16-11-7-3-5-9-4-1-2-6-10(9)11;/h1-7H,8H2;/q-1;+1.